The number of carbonyl (C=O) groups is 1. The molecule has 0 spiro atoms. The third-order valence-corrected chi connectivity index (χ3v) is 3.87. The maximum atomic E-state index is 12.4. The maximum Gasteiger partial charge on any atom is 0.228 e. The Morgan fingerprint density at radius 3 is 2.83 bits per heavy atom. The molecule has 4 atom stereocenters. The van der Waals surface area contributed by atoms with E-state index in [0.717, 1.165) is 25.8 Å². The molecule has 2 fully saturated rings. The van der Waals surface area contributed by atoms with Crippen molar-refractivity contribution in [2.45, 2.75) is 57.7 Å². The van der Waals surface area contributed by atoms with Gasteiger partial charge in [0.1, 0.15) is 0 Å². The average Bonchev–Trinajstić information content (AvgIpc) is 3.08. The van der Waals surface area contributed by atoms with Gasteiger partial charge in [-0.15, -0.1) is 12.4 Å². The summed E-state index contributed by atoms with van der Waals surface area (Å²) < 4.78 is 5.49. The van der Waals surface area contributed by atoms with Crippen LogP contribution in [0.2, 0.25) is 0 Å². The normalized spacial score (nSPS) is 32.6. The number of rotatable bonds is 4. The lowest BCUT2D eigenvalue weighted by Gasteiger charge is -2.38. The van der Waals surface area contributed by atoms with Crippen LogP contribution in [-0.4, -0.2) is 42.1 Å². The number of halogens is 1. The van der Waals surface area contributed by atoms with Gasteiger partial charge in [0.15, 0.2) is 0 Å². The quantitative estimate of drug-likeness (QED) is 0.848. The molecule has 4 unspecified atom stereocenters. The van der Waals surface area contributed by atoms with Gasteiger partial charge in [0.2, 0.25) is 5.91 Å². The Hall–Kier alpha value is -0.320. The number of nitrogens with zero attached hydrogens (tertiary/aromatic N) is 1. The monoisotopic (exact) mass is 276 g/mol. The molecule has 5 heteroatoms. The van der Waals surface area contributed by atoms with E-state index < -0.39 is 0 Å². The van der Waals surface area contributed by atoms with Gasteiger partial charge >= 0.3 is 0 Å². The van der Waals surface area contributed by atoms with Gasteiger partial charge in [0.05, 0.1) is 12.0 Å². The number of amides is 1. The molecule has 106 valence electrons. The Kier molecular flexibility index (Phi) is 5.89. The molecule has 0 radical (unpaired) electrons. The predicted molar refractivity (Wildman–Crippen MR) is 73.8 cm³/mol. The molecule has 1 heterocycles. The van der Waals surface area contributed by atoms with Gasteiger partial charge in [-0.3, -0.25) is 4.79 Å². The number of ether oxygens (including phenoxy) is 1. The zero-order valence-electron chi connectivity index (χ0n) is 11.3. The lowest BCUT2D eigenvalue weighted by Crippen LogP contribution is -2.52. The van der Waals surface area contributed by atoms with Crippen LogP contribution in [0.5, 0.6) is 0 Å². The van der Waals surface area contributed by atoms with E-state index in [1.54, 1.807) is 0 Å². The third kappa shape index (κ3) is 3.37. The minimum atomic E-state index is 0. The number of hydrogen-bond acceptors (Lipinski definition) is 3. The number of likely N-dealkylation sites (tertiary alicyclic amines) is 1. The van der Waals surface area contributed by atoms with Gasteiger partial charge < -0.3 is 15.4 Å². The average molecular weight is 277 g/mol. The fourth-order valence-electron chi connectivity index (χ4n) is 2.82. The summed E-state index contributed by atoms with van der Waals surface area (Å²) in [5.41, 5.74) is 5.98. The van der Waals surface area contributed by atoms with Gasteiger partial charge in [0.25, 0.3) is 0 Å². The van der Waals surface area contributed by atoms with Crippen molar-refractivity contribution in [1.82, 2.24) is 4.90 Å². The van der Waals surface area contributed by atoms with Crippen LogP contribution in [0.4, 0.5) is 0 Å². The first kappa shape index (κ1) is 15.7. The smallest absolute Gasteiger partial charge is 0.228 e. The zero-order chi connectivity index (χ0) is 12.4. The fourth-order valence-corrected chi connectivity index (χ4v) is 2.82. The molecule has 2 rings (SSSR count). The van der Waals surface area contributed by atoms with Crippen molar-refractivity contribution >= 4 is 18.3 Å². The van der Waals surface area contributed by atoms with Crippen LogP contribution >= 0.6 is 12.4 Å². The van der Waals surface area contributed by atoms with E-state index in [-0.39, 0.29) is 42.4 Å². The molecule has 1 saturated carbocycles. The Bertz CT molecular complexity index is 286. The van der Waals surface area contributed by atoms with Crippen molar-refractivity contribution in [3.63, 3.8) is 0 Å². The molecule has 2 aliphatic rings. The van der Waals surface area contributed by atoms with Gasteiger partial charge in [-0.05, 0) is 39.5 Å². The minimum Gasteiger partial charge on any atom is -0.378 e. The second-order valence-electron chi connectivity index (χ2n) is 5.29. The van der Waals surface area contributed by atoms with Gasteiger partial charge in [-0.1, -0.05) is 0 Å². The molecule has 2 N–H and O–H groups in total. The van der Waals surface area contributed by atoms with Crippen molar-refractivity contribution in [3.8, 4) is 0 Å². The van der Waals surface area contributed by atoms with E-state index in [4.69, 9.17) is 10.5 Å². The molecule has 0 aromatic rings. The van der Waals surface area contributed by atoms with Gasteiger partial charge in [0, 0.05) is 25.2 Å². The molecule has 1 amide bonds. The summed E-state index contributed by atoms with van der Waals surface area (Å²) in [6, 6.07) is 0.308. The Labute approximate surface area is 116 Å². The van der Waals surface area contributed by atoms with Crippen molar-refractivity contribution in [1.29, 1.82) is 0 Å². The summed E-state index contributed by atoms with van der Waals surface area (Å²) >= 11 is 0. The van der Waals surface area contributed by atoms with Crippen molar-refractivity contribution in [3.05, 3.63) is 0 Å². The van der Waals surface area contributed by atoms with Crippen LogP contribution in [0.1, 0.15) is 39.5 Å². The second kappa shape index (κ2) is 6.73. The number of nitrogens with two attached hydrogens (primary N) is 1. The minimum absolute atomic E-state index is 0. The highest BCUT2D eigenvalue weighted by molar-refractivity contribution is 5.85. The summed E-state index contributed by atoms with van der Waals surface area (Å²) in [5, 5.41) is 0. The molecular formula is C13H25ClN2O2. The summed E-state index contributed by atoms with van der Waals surface area (Å²) in [6.45, 7) is 5.56. The van der Waals surface area contributed by atoms with Crippen LogP contribution in [0.3, 0.4) is 0 Å². The molecule has 0 bridgehead atoms. The molecule has 0 aromatic carbocycles. The number of piperidine rings is 1. The Morgan fingerprint density at radius 2 is 2.22 bits per heavy atom. The third-order valence-electron chi connectivity index (χ3n) is 3.87. The van der Waals surface area contributed by atoms with Crippen LogP contribution in [-0.2, 0) is 9.53 Å². The van der Waals surface area contributed by atoms with Crippen LogP contribution in [0.25, 0.3) is 0 Å². The molecule has 4 nitrogen and oxygen atoms in total. The van der Waals surface area contributed by atoms with Crippen LogP contribution in [0, 0.1) is 5.92 Å². The molecule has 1 aliphatic heterocycles. The summed E-state index contributed by atoms with van der Waals surface area (Å²) in [7, 11) is 0. The summed E-state index contributed by atoms with van der Waals surface area (Å²) in [4.78, 5) is 14.4. The lowest BCUT2D eigenvalue weighted by atomic mass is 9.96. The van der Waals surface area contributed by atoms with Crippen molar-refractivity contribution in [2.75, 3.05) is 13.2 Å². The topological polar surface area (TPSA) is 55.6 Å². The first-order chi connectivity index (χ1) is 8.15. The van der Waals surface area contributed by atoms with Gasteiger partial charge in [-0.25, -0.2) is 0 Å². The maximum absolute atomic E-state index is 12.4. The summed E-state index contributed by atoms with van der Waals surface area (Å²) in [5.74, 6) is 0.375. The van der Waals surface area contributed by atoms with E-state index in [0.29, 0.717) is 6.61 Å². The lowest BCUT2D eigenvalue weighted by molar-refractivity contribution is -0.137. The molecule has 18 heavy (non-hydrogen) atoms. The van der Waals surface area contributed by atoms with Crippen LogP contribution in [0.15, 0.2) is 0 Å². The van der Waals surface area contributed by atoms with E-state index in [2.05, 4.69) is 0 Å². The predicted octanol–water partition coefficient (Wildman–Crippen LogP) is 1.56. The number of carbonyl (C=O) groups excluding carboxylic acids is 1. The van der Waals surface area contributed by atoms with Crippen LogP contribution < -0.4 is 5.73 Å². The van der Waals surface area contributed by atoms with E-state index in [1.165, 1.54) is 6.42 Å². The van der Waals surface area contributed by atoms with Gasteiger partial charge in [-0.2, -0.15) is 0 Å². The Morgan fingerprint density at radius 1 is 1.50 bits per heavy atom. The Balaban J connectivity index is 0.00000162. The highest BCUT2D eigenvalue weighted by Gasteiger charge is 2.47. The summed E-state index contributed by atoms with van der Waals surface area (Å²) in [6.07, 6.45) is 4.42. The molecular weight excluding hydrogens is 252 g/mol. The largest absolute Gasteiger partial charge is 0.378 e. The highest BCUT2D eigenvalue weighted by atomic mass is 35.5. The highest BCUT2D eigenvalue weighted by Crippen LogP contribution is 2.37. The van der Waals surface area contributed by atoms with Crippen molar-refractivity contribution in [2.24, 2.45) is 11.7 Å². The standard InChI is InChI=1S/C13H24N2O2.ClH/c1-3-17-12-8-10(12)13(16)15-7-5-4-6-11(15)9(2)14;/h9-12H,3-8,14H2,1-2H3;1H. The molecule has 1 aliphatic carbocycles. The first-order valence-corrected chi connectivity index (χ1v) is 6.82. The molecule has 1 saturated heterocycles. The SMILES string of the molecule is CCOC1CC1C(=O)N1CCCCC1C(C)N.Cl. The van der Waals surface area contributed by atoms with E-state index in [1.807, 2.05) is 18.7 Å². The van der Waals surface area contributed by atoms with Crippen molar-refractivity contribution < 1.29 is 9.53 Å². The molecule has 0 aromatic heterocycles. The number of hydrogen-bond donors (Lipinski definition) is 1. The van der Waals surface area contributed by atoms with E-state index >= 15 is 0 Å². The zero-order valence-corrected chi connectivity index (χ0v) is 12.1. The van der Waals surface area contributed by atoms with E-state index in [9.17, 15) is 4.79 Å². The second-order valence-corrected chi connectivity index (χ2v) is 5.29. The fraction of sp³-hybridized carbons (Fsp3) is 0.923. The first-order valence-electron chi connectivity index (χ1n) is 6.82.